The molecular weight excluding hydrogens is 212 g/mol. The Morgan fingerprint density at radius 3 is 2.69 bits per heavy atom. The van der Waals surface area contributed by atoms with Gasteiger partial charge in [-0.3, -0.25) is 4.68 Å². The SMILES string of the molecule is Cn1ncc(C2CC2)c1S(=O)(=O)Cl. The van der Waals surface area contributed by atoms with Gasteiger partial charge in [-0.1, -0.05) is 0 Å². The number of aryl methyl sites for hydroxylation is 1. The molecular formula is C7H9ClN2O2S. The molecule has 0 saturated heterocycles. The molecule has 1 aliphatic rings. The Hall–Kier alpha value is -0.550. The van der Waals surface area contributed by atoms with Crippen LogP contribution in [0.5, 0.6) is 0 Å². The van der Waals surface area contributed by atoms with Gasteiger partial charge in [0.25, 0.3) is 9.05 Å². The quantitative estimate of drug-likeness (QED) is 0.705. The second kappa shape index (κ2) is 2.72. The molecule has 13 heavy (non-hydrogen) atoms. The zero-order valence-electron chi connectivity index (χ0n) is 7.07. The molecule has 1 aromatic heterocycles. The monoisotopic (exact) mass is 220 g/mol. The van der Waals surface area contributed by atoms with Crippen LogP contribution < -0.4 is 0 Å². The Balaban J connectivity index is 2.59. The Morgan fingerprint density at radius 1 is 1.62 bits per heavy atom. The second-order valence-corrected chi connectivity index (χ2v) is 5.72. The molecule has 0 radical (unpaired) electrons. The highest BCUT2D eigenvalue weighted by Gasteiger charge is 2.32. The summed E-state index contributed by atoms with van der Waals surface area (Å²) >= 11 is 0. The number of aromatic nitrogens is 2. The summed E-state index contributed by atoms with van der Waals surface area (Å²) in [4.78, 5) is 0. The van der Waals surface area contributed by atoms with E-state index in [9.17, 15) is 8.42 Å². The Bertz CT molecular complexity index is 433. The van der Waals surface area contributed by atoms with E-state index >= 15 is 0 Å². The number of halogens is 1. The van der Waals surface area contributed by atoms with Crippen LogP contribution >= 0.6 is 10.7 Å². The normalized spacial score (nSPS) is 17.7. The van der Waals surface area contributed by atoms with Crippen molar-refractivity contribution >= 4 is 19.7 Å². The highest BCUT2D eigenvalue weighted by atomic mass is 35.7. The van der Waals surface area contributed by atoms with Crippen LogP contribution in [-0.4, -0.2) is 18.2 Å². The van der Waals surface area contributed by atoms with Gasteiger partial charge in [0.1, 0.15) is 0 Å². The molecule has 72 valence electrons. The minimum atomic E-state index is -3.65. The van der Waals surface area contributed by atoms with Crippen LogP contribution in [0, 0.1) is 0 Å². The van der Waals surface area contributed by atoms with E-state index in [1.54, 1.807) is 13.2 Å². The van der Waals surface area contributed by atoms with Crippen molar-refractivity contribution in [3.8, 4) is 0 Å². The van der Waals surface area contributed by atoms with Gasteiger partial charge in [0.05, 0.1) is 6.20 Å². The lowest BCUT2D eigenvalue weighted by Gasteiger charge is -1.99. The summed E-state index contributed by atoms with van der Waals surface area (Å²) in [5.74, 6) is 0.345. The van der Waals surface area contributed by atoms with Crippen LogP contribution in [0.1, 0.15) is 24.3 Å². The number of hydrogen-bond donors (Lipinski definition) is 0. The van der Waals surface area contributed by atoms with Crippen molar-refractivity contribution < 1.29 is 8.42 Å². The fourth-order valence-electron chi connectivity index (χ4n) is 1.42. The Kier molecular flexibility index (Phi) is 1.89. The highest BCUT2D eigenvalue weighted by molar-refractivity contribution is 8.13. The lowest BCUT2D eigenvalue weighted by atomic mass is 10.2. The predicted molar refractivity (Wildman–Crippen MR) is 48.2 cm³/mol. The molecule has 4 nitrogen and oxygen atoms in total. The zero-order valence-corrected chi connectivity index (χ0v) is 8.64. The third kappa shape index (κ3) is 1.58. The fourth-order valence-corrected chi connectivity index (χ4v) is 2.85. The maximum absolute atomic E-state index is 11.2. The van der Waals surface area contributed by atoms with E-state index in [1.807, 2.05) is 0 Å². The molecule has 2 rings (SSSR count). The lowest BCUT2D eigenvalue weighted by Crippen LogP contribution is -2.03. The minimum Gasteiger partial charge on any atom is -0.256 e. The van der Waals surface area contributed by atoms with E-state index in [-0.39, 0.29) is 5.03 Å². The molecule has 1 aromatic rings. The highest BCUT2D eigenvalue weighted by Crippen LogP contribution is 2.43. The lowest BCUT2D eigenvalue weighted by molar-refractivity contribution is 0.588. The molecule has 1 saturated carbocycles. The topological polar surface area (TPSA) is 52.0 Å². The third-order valence-electron chi connectivity index (χ3n) is 2.16. The van der Waals surface area contributed by atoms with Crippen molar-refractivity contribution in [2.24, 2.45) is 7.05 Å². The molecule has 0 unspecified atom stereocenters. The maximum Gasteiger partial charge on any atom is 0.278 e. The molecule has 0 N–H and O–H groups in total. The summed E-state index contributed by atoms with van der Waals surface area (Å²) in [6.45, 7) is 0. The van der Waals surface area contributed by atoms with Crippen molar-refractivity contribution in [3.63, 3.8) is 0 Å². The number of hydrogen-bond acceptors (Lipinski definition) is 3. The van der Waals surface area contributed by atoms with E-state index in [0.717, 1.165) is 18.4 Å². The summed E-state index contributed by atoms with van der Waals surface area (Å²) in [6, 6.07) is 0. The van der Waals surface area contributed by atoms with Crippen molar-refractivity contribution in [2.45, 2.75) is 23.8 Å². The Labute approximate surface area is 80.9 Å². The van der Waals surface area contributed by atoms with Gasteiger partial charge in [0.2, 0.25) is 0 Å². The number of rotatable bonds is 2. The van der Waals surface area contributed by atoms with Crippen molar-refractivity contribution in [2.75, 3.05) is 0 Å². The van der Waals surface area contributed by atoms with E-state index in [1.165, 1.54) is 4.68 Å². The van der Waals surface area contributed by atoms with Crippen LogP contribution in [0.15, 0.2) is 11.2 Å². The van der Waals surface area contributed by atoms with Gasteiger partial charge in [-0.2, -0.15) is 5.10 Å². The average molecular weight is 221 g/mol. The molecule has 1 fully saturated rings. The van der Waals surface area contributed by atoms with Gasteiger partial charge < -0.3 is 0 Å². The zero-order chi connectivity index (χ0) is 9.64. The summed E-state index contributed by atoms with van der Waals surface area (Å²) in [5.41, 5.74) is 0.762. The molecule has 0 aromatic carbocycles. The summed E-state index contributed by atoms with van der Waals surface area (Å²) in [7, 11) is 3.22. The van der Waals surface area contributed by atoms with E-state index < -0.39 is 9.05 Å². The maximum atomic E-state index is 11.2. The predicted octanol–water partition coefficient (Wildman–Crippen LogP) is 1.23. The second-order valence-electron chi connectivity index (χ2n) is 3.24. The Morgan fingerprint density at radius 2 is 2.23 bits per heavy atom. The molecule has 0 atom stereocenters. The van der Waals surface area contributed by atoms with Crippen LogP contribution in [0.25, 0.3) is 0 Å². The molecule has 0 aliphatic heterocycles. The first-order chi connectivity index (χ1) is 6.00. The molecule has 0 bridgehead atoms. The van der Waals surface area contributed by atoms with Gasteiger partial charge in [-0.15, -0.1) is 0 Å². The van der Waals surface area contributed by atoms with Crippen molar-refractivity contribution in [1.29, 1.82) is 0 Å². The van der Waals surface area contributed by atoms with Crippen LogP contribution in [0.4, 0.5) is 0 Å². The van der Waals surface area contributed by atoms with Crippen molar-refractivity contribution in [1.82, 2.24) is 9.78 Å². The summed E-state index contributed by atoms with van der Waals surface area (Å²) in [5, 5.41) is 4.05. The average Bonchev–Trinajstić information content (AvgIpc) is 2.73. The van der Waals surface area contributed by atoms with E-state index in [0.29, 0.717) is 5.92 Å². The van der Waals surface area contributed by atoms with Gasteiger partial charge in [-0.05, 0) is 18.8 Å². The molecule has 1 heterocycles. The smallest absolute Gasteiger partial charge is 0.256 e. The molecule has 1 aliphatic carbocycles. The first-order valence-electron chi connectivity index (χ1n) is 3.96. The van der Waals surface area contributed by atoms with Gasteiger partial charge >= 0.3 is 0 Å². The summed E-state index contributed by atoms with van der Waals surface area (Å²) < 4.78 is 23.7. The largest absolute Gasteiger partial charge is 0.278 e. The van der Waals surface area contributed by atoms with Gasteiger partial charge in [-0.25, -0.2) is 8.42 Å². The first kappa shape index (κ1) is 9.02. The van der Waals surface area contributed by atoms with Crippen LogP contribution in [0.3, 0.4) is 0 Å². The molecule has 6 heteroatoms. The van der Waals surface area contributed by atoms with Gasteiger partial charge in [0, 0.05) is 23.3 Å². The summed E-state index contributed by atoms with van der Waals surface area (Å²) in [6.07, 6.45) is 3.66. The van der Waals surface area contributed by atoms with E-state index in [4.69, 9.17) is 10.7 Å². The molecule has 0 spiro atoms. The van der Waals surface area contributed by atoms with Crippen LogP contribution in [-0.2, 0) is 16.1 Å². The van der Waals surface area contributed by atoms with Crippen molar-refractivity contribution in [3.05, 3.63) is 11.8 Å². The number of nitrogens with zero attached hydrogens (tertiary/aromatic N) is 2. The molecule has 0 amide bonds. The minimum absolute atomic E-state index is 0.150. The first-order valence-corrected chi connectivity index (χ1v) is 6.27. The fraction of sp³-hybridized carbons (Fsp3) is 0.571. The standard InChI is InChI=1S/C7H9ClN2O2S/c1-10-7(13(8,11)12)6(4-9-10)5-2-3-5/h4-5H,2-3H2,1H3. The third-order valence-corrected chi connectivity index (χ3v) is 3.56. The van der Waals surface area contributed by atoms with Gasteiger partial charge in [0.15, 0.2) is 5.03 Å². The van der Waals surface area contributed by atoms with Crippen LogP contribution in [0.2, 0.25) is 0 Å². The van der Waals surface area contributed by atoms with E-state index in [2.05, 4.69) is 5.10 Å².